The molecule has 0 radical (unpaired) electrons. The van der Waals surface area contributed by atoms with Crippen LogP contribution in [0.2, 0.25) is 0 Å². The molecule has 0 amide bonds. The molecule has 0 spiro atoms. The molecule has 6 nitrogen and oxygen atoms in total. The van der Waals surface area contributed by atoms with Crippen molar-refractivity contribution in [2.45, 2.75) is 32.4 Å². The molecule has 25 heavy (non-hydrogen) atoms. The first-order chi connectivity index (χ1) is 11.9. The van der Waals surface area contributed by atoms with E-state index in [0.717, 1.165) is 31.5 Å². The minimum absolute atomic E-state index is 0.179. The van der Waals surface area contributed by atoms with E-state index in [1.165, 1.54) is 7.11 Å². The molecule has 0 bridgehead atoms. The third-order valence-electron chi connectivity index (χ3n) is 5.22. The Morgan fingerprint density at radius 3 is 2.72 bits per heavy atom. The van der Waals surface area contributed by atoms with Gasteiger partial charge in [0.15, 0.2) is 0 Å². The molecule has 6 heteroatoms. The number of phenols is 1. The molecule has 0 atom stereocenters. The van der Waals surface area contributed by atoms with Gasteiger partial charge in [-0.25, -0.2) is 4.79 Å². The van der Waals surface area contributed by atoms with Gasteiger partial charge in [0, 0.05) is 23.5 Å². The standard InChI is InChI=1S/C19H26N2O4/c1-12-17(19(23)24-4)18-14(15(22)5-6-16(18)25-12)11-21(3)13-7-9-20(2)10-8-13/h5-6,13,22H,7-11H2,1-4H3. The average molecular weight is 346 g/mol. The van der Waals surface area contributed by atoms with Crippen molar-refractivity contribution in [1.82, 2.24) is 9.80 Å². The number of carbonyl (C=O) groups excluding carboxylic acids is 1. The molecule has 3 rings (SSSR count). The Kier molecular flexibility index (Phi) is 5.01. The number of rotatable bonds is 4. The minimum Gasteiger partial charge on any atom is -0.508 e. The van der Waals surface area contributed by atoms with E-state index < -0.39 is 5.97 Å². The number of piperidine rings is 1. The predicted octanol–water partition coefficient (Wildman–Crippen LogP) is 2.76. The molecule has 136 valence electrons. The SMILES string of the molecule is COC(=O)c1c(C)oc2ccc(O)c(CN(C)C3CCN(C)CC3)c12. The Bertz CT molecular complexity index is 775. The lowest BCUT2D eigenvalue weighted by Gasteiger charge is -2.35. The van der Waals surface area contributed by atoms with Crippen LogP contribution >= 0.6 is 0 Å². The summed E-state index contributed by atoms with van der Waals surface area (Å²) in [6.45, 7) is 4.45. The Balaban J connectivity index is 1.97. The third kappa shape index (κ3) is 3.37. The average Bonchev–Trinajstić information content (AvgIpc) is 2.93. The summed E-state index contributed by atoms with van der Waals surface area (Å²) in [5.74, 6) is 0.249. The first-order valence-corrected chi connectivity index (χ1v) is 8.63. The zero-order valence-corrected chi connectivity index (χ0v) is 15.3. The van der Waals surface area contributed by atoms with Crippen LogP contribution in [0, 0.1) is 6.92 Å². The smallest absolute Gasteiger partial charge is 0.342 e. The predicted molar refractivity (Wildman–Crippen MR) is 95.9 cm³/mol. The van der Waals surface area contributed by atoms with Crippen molar-refractivity contribution in [3.63, 3.8) is 0 Å². The summed E-state index contributed by atoms with van der Waals surface area (Å²) in [7, 11) is 5.56. The van der Waals surface area contributed by atoms with Gasteiger partial charge in [0.25, 0.3) is 0 Å². The highest BCUT2D eigenvalue weighted by Gasteiger charge is 2.26. The van der Waals surface area contributed by atoms with Gasteiger partial charge in [-0.2, -0.15) is 0 Å². The lowest BCUT2D eigenvalue weighted by molar-refractivity contribution is 0.0600. The Labute approximate surface area is 148 Å². The highest BCUT2D eigenvalue weighted by atomic mass is 16.5. The van der Waals surface area contributed by atoms with Crippen molar-refractivity contribution < 1.29 is 19.1 Å². The van der Waals surface area contributed by atoms with Crippen LogP contribution < -0.4 is 0 Å². The number of methoxy groups -OCH3 is 1. The number of hydrogen-bond acceptors (Lipinski definition) is 6. The highest BCUT2D eigenvalue weighted by Crippen LogP contribution is 2.35. The van der Waals surface area contributed by atoms with Crippen molar-refractivity contribution in [3.8, 4) is 5.75 Å². The van der Waals surface area contributed by atoms with Crippen molar-refractivity contribution >= 4 is 16.9 Å². The number of furan rings is 1. The van der Waals surface area contributed by atoms with E-state index >= 15 is 0 Å². The zero-order valence-electron chi connectivity index (χ0n) is 15.3. The van der Waals surface area contributed by atoms with Crippen LogP contribution in [0.4, 0.5) is 0 Å². The number of hydrogen-bond donors (Lipinski definition) is 1. The number of aryl methyl sites for hydroxylation is 1. The van der Waals surface area contributed by atoms with E-state index in [-0.39, 0.29) is 5.75 Å². The molecule has 1 aliphatic heterocycles. The number of nitrogens with zero attached hydrogens (tertiary/aromatic N) is 2. The fourth-order valence-corrected chi connectivity index (χ4v) is 3.69. The van der Waals surface area contributed by atoms with Gasteiger partial charge in [0.05, 0.1) is 7.11 Å². The van der Waals surface area contributed by atoms with Crippen LogP contribution in [0.5, 0.6) is 5.75 Å². The molecule has 1 fully saturated rings. The van der Waals surface area contributed by atoms with Crippen molar-refractivity contribution in [3.05, 3.63) is 29.0 Å². The van der Waals surface area contributed by atoms with E-state index in [1.54, 1.807) is 19.1 Å². The fourth-order valence-electron chi connectivity index (χ4n) is 3.69. The number of benzene rings is 1. The van der Waals surface area contributed by atoms with Crippen molar-refractivity contribution in [1.29, 1.82) is 0 Å². The molecule has 1 saturated heterocycles. The number of fused-ring (bicyclic) bond motifs is 1. The lowest BCUT2D eigenvalue weighted by atomic mass is 10.00. The summed E-state index contributed by atoms with van der Waals surface area (Å²) in [6, 6.07) is 3.79. The van der Waals surface area contributed by atoms with Crippen LogP contribution in [0.3, 0.4) is 0 Å². The summed E-state index contributed by atoms with van der Waals surface area (Å²) in [4.78, 5) is 16.8. The first kappa shape index (κ1) is 17.8. The molecule has 1 aromatic heterocycles. The molecular formula is C19H26N2O4. The summed E-state index contributed by atoms with van der Waals surface area (Å²) in [5.41, 5.74) is 1.72. The number of phenolic OH excluding ortho intramolecular Hbond substituents is 1. The second kappa shape index (κ2) is 7.06. The van der Waals surface area contributed by atoms with Gasteiger partial charge >= 0.3 is 5.97 Å². The van der Waals surface area contributed by atoms with Crippen molar-refractivity contribution in [2.75, 3.05) is 34.3 Å². The van der Waals surface area contributed by atoms with E-state index in [2.05, 4.69) is 23.9 Å². The number of aromatic hydroxyl groups is 1. The Morgan fingerprint density at radius 2 is 2.08 bits per heavy atom. The Hall–Kier alpha value is -2.05. The normalized spacial score (nSPS) is 16.7. The molecule has 2 heterocycles. The summed E-state index contributed by atoms with van der Waals surface area (Å²) in [6.07, 6.45) is 2.19. The summed E-state index contributed by atoms with van der Waals surface area (Å²) in [5, 5.41) is 11.1. The molecule has 0 unspecified atom stereocenters. The molecule has 1 N–H and O–H groups in total. The second-order valence-corrected chi connectivity index (χ2v) is 6.91. The number of ether oxygens (including phenoxy) is 1. The summed E-state index contributed by atoms with van der Waals surface area (Å²) < 4.78 is 10.6. The van der Waals surface area contributed by atoms with Crippen LogP contribution in [0.1, 0.15) is 34.5 Å². The number of esters is 1. The molecule has 0 aliphatic carbocycles. The van der Waals surface area contributed by atoms with E-state index in [4.69, 9.17) is 9.15 Å². The van der Waals surface area contributed by atoms with Crippen LogP contribution in [0.15, 0.2) is 16.5 Å². The topological polar surface area (TPSA) is 66.2 Å². The van der Waals surface area contributed by atoms with Crippen molar-refractivity contribution in [2.24, 2.45) is 0 Å². The quantitative estimate of drug-likeness (QED) is 0.859. The van der Waals surface area contributed by atoms with Crippen LogP contribution in [-0.4, -0.2) is 61.2 Å². The van der Waals surface area contributed by atoms with Gasteiger partial charge < -0.3 is 19.2 Å². The van der Waals surface area contributed by atoms with Gasteiger partial charge in [-0.1, -0.05) is 0 Å². The lowest BCUT2D eigenvalue weighted by Crippen LogP contribution is -2.41. The third-order valence-corrected chi connectivity index (χ3v) is 5.22. The summed E-state index contributed by atoms with van der Waals surface area (Å²) >= 11 is 0. The van der Waals surface area contributed by atoms with Gasteiger partial charge in [0.2, 0.25) is 0 Å². The molecule has 1 aliphatic rings. The first-order valence-electron chi connectivity index (χ1n) is 8.63. The molecule has 2 aromatic rings. The largest absolute Gasteiger partial charge is 0.508 e. The van der Waals surface area contributed by atoms with E-state index in [0.29, 0.717) is 34.9 Å². The van der Waals surface area contributed by atoms with Gasteiger partial charge in [-0.15, -0.1) is 0 Å². The number of carbonyl (C=O) groups is 1. The second-order valence-electron chi connectivity index (χ2n) is 6.91. The maximum atomic E-state index is 12.2. The van der Waals surface area contributed by atoms with E-state index in [1.807, 2.05) is 0 Å². The van der Waals surface area contributed by atoms with Gasteiger partial charge in [0.1, 0.15) is 22.7 Å². The highest BCUT2D eigenvalue weighted by molar-refractivity contribution is 6.06. The monoisotopic (exact) mass is 346 g/mol. The van der Waals surface area contributed by atoms with E-state index in [9.17, 15) is 9.90 Å². The fraction of sp³-hybridized carbons (Fsp3) is 0.526. The van der Waals surface area contributed by atoms with Crippen LogP contribution in [0.25, 0.3) is 11.0 Å². The molecule has 0 saturated carbocycles. The van der Waals surface area contributed by atoms with Crippen LogP contribution in [-0.2, 0) is 11.3 Å². The molecule has 1 aromatic carbocycles. The Morgan fingerprint density at radius 1 is 1.40 bits per heavy atom. The maximum Gasteiger partial charge on any atom is 0.342 e. The zero-order chi connectivity index (χ0) is 18.1. The minimum atomic E-state index is -0.440. The number of likely N-dealkylation sites (tertiary alicyclic amines) is 1. The maximum absolute atomic E-state index is 12.2. The van der Waals surface area contributed by atoms with Gasteiger partial charge in [-0.05, 0) is 59.1 Å². The van der Waals surface area contributed by atoms with Gasteiger partial charge in [-0.3, -0.25) is 4.90 Å². The molecular weight excluding hydrogens is 320 g/mol.